The molecule has 0 bridgehead atoms. The van der Waals surface area contributed by atoms with E-state index in [1.807, 2.05) is 12.1 Å². The smallest absolute Gasteiger partial charge is 0.240 e. The molecule has 2 rings (SSSR count). The average Bonchev–Trinajstić information content (AvgIpc) is 2.66. The van der Waals surface area contributed by atoms with Crippen molar-refractivity contribution in [2.24, 2.45) is 5.73 Å². The molecule has 0 unspecified atom stereocenters. The number of halogens is 2. The number of benzene rings is 1. The predicted octanol–water partition coefficient (Wildman–Crippen LogP) is 2.27. The van der Waals surface area contributed by atoms with E-state index in [9.17, 15) is 0 Å². The summed E-state index contributed by atoms with van der Waals surface area (Å²) in [5, 5.41) is 4.41. The predicted molar refractivity (Wildman–Crippen MR) is 59.9 cm³/mol. The Morgan fingerprint density at radius 1 is 1.40 bits per heavy atom. The minimum Gasteiger partial charge on any atom is -0.338 e. The molecule has 0 aliphatic rings. The van der Waals surface area contributed by atoms with E-state index in [2.05, 4.69) is 10.1 Å². The van der Waals surface area contributed by atoms with Crippen LogP contribution >= 0.6 is 24.0 Å². The fourth-order valence-electron chi connectivity index (χ4n) is 1.08. The molecule has 0 aliphatic heterocycles. The Balaban J connectivity index is 0.00000112. The van der Waals surface area contributed by atoms with Crippen molar-refractivity contribution in [2.45, 2.75) is 6.54 Å². The molecule has 0 fully saturated rings. The SMILES string of the molecule is Cl.NCc1nc(-c2cccc(Cl)c2)no1. The summed E-state index contributed by atoms with van der Waals surface area (Å²) in [6, 6.07) is 7.24. The maximum atomic E-state index is 5.82. The quantitative estimate of drug-likeness (QED) is 0.882. The third-order valence-corrected chi connectivity index (χ3v) is 1.96. The van der Waals surface area contributed by atoms with E-state index in [-0.39, 0.29) is 19.0 Å². The van der Waals surface area contributed by atoms with E-state index < -0.39 is 0 Å². The van der Waals surface area contributed by atoms with Gasteiger partial charge in [-0.25, -0.2) is 0 Å². The molecule has 0 saturated heterocycles. The topological polar surface area (TPSA) is 64.9 Å². The van der Waals surface area contributed by atoms with Crippen molar-refractivity contribution >= 4 is 24.0 Å². The molecule has 0 aliphatic carbocycles. The van der Waals surface area contributed by atoms with Crippen molar-refractivity contribution in [3.05, 3.63) is 35.2 Å². The van der Waals surface area contributed by atoms with Gasteiger partial charge in [0.15, 0.2) is 0 Å². The Bertz CT molecular complexity index is 444. The number of hydrogen-bond acceptors (Lipinski definition) is 4. The largest absolute Gasteiger partial charge is 0.338 e. The first-order chi connectivity index (χ1) is 6.79. The van der Waals surface area contributed by atoms with Gasteiger partial charge in [-0.3, -0.25) is 0 Å². The van der Waals surface area contributed by atoms with Crippen LogP contribution in [0.3, 0.4) is 0 Å². The van der Waals surface area contributed by atoms with Gasteiger partial charge in [-0.2, -0.15) is 4.98 Å². The lowest BCUT2D eigenvalue weighted by Gasteiger charge is -1.93. The van der Waals surface area contributed by atoms with Crippen LogP contribution in [0.5, 0.6) is 0 Å². The summed E-state index contributed by atoms with van der Waals surface area (Å²) in [5.41, 5.74) is 6.17. The molecule has 0 spiro atoms. The molecule has 1 heterocycles. The minimum atomic E-state index is 0. The van der Waals surface area contributed by atoms with Crippen molar-refractivity contribution in [1.29, 1.82) is 0 Å². The number of nitrogens with zero attached hydrogens (tertiary/aromatic N) is 2. The summed E-state index contributed by atoms with van der Waals surface area (Å²) in [6.45, 7) is 0.244. The van der Waals surface area contributed by atoms with Gasteiger partial charge < -0.3 is 10.3 Å². The van der Waals surface area contributed by atoms with Gasteiger partial charge in [0.2, 0.25) is 11.7 Å². The van der Waals surface area contributed by atoms with Gasteiger partial charge in [0.25, 0.3) is 0 Å². The van der Waals surface area contributed by atoms with Gasteiger partial charge in [-0.05, 0) is 12.1 Å². The first-order valence-electron chi connectivity index (χ1n) is 4.08. The Hall–Kier alpha value is -1.10. The summed E-state index contributed by atoms with van der Waals surface area (Å²) in [4.78, 5) is 4.08. The summed E-state index contributed by atoms with van der Waals surface area (Å²) in [5.74, 6) is 0.924. The highest BCUT2D eigenvalue weighted by molar-refractivity contribution is 6.30. The number of aromatic nitrogens is 2. The molecule has 15 heavy (non-hydrogen) atoms. The zero-order valence-electron chi connectivity index (χ0n) is 7.68. The molecular formula is C9H9Cl2N3O. The van der Waals surface area contributed by atoms with Crippen LogP contribution in [-0.4, -0.2) is 10.1 Å². The molecule has 0 radical (unpaired) electrons. The molecule has 0 saturated carbocycles. The molecule has 4 nitrogen and oxygen atoms in total. The zero-order chi connectivity index (χ0) is 9.97. The molecular weight excluding hydrogens is 237 g/mol. The lowest BCUT2D eigenvalue weighted by molar-refractivity contribution is 0.380. The summed E-state index contributed by atoms with van der Waals surface area (Å²) in [6.07, 6.45) is 0. The fraction of sp³-hybridized carbons (Fsp3) is 0.111. The summed E-state index contributed by atoms with van der Waals surface area (Å²) in [7, 11) is 0. The maximum Gasteiger partial charge on any atom is 0.240 e. The Labute approximate surface area is 97.8 Å². The molecule has 1 aromatic carbocycles. The van der Waals surface area contributed by atoms with Crippen LogP contribution in [-0.2, 0) is 6.54 Å². The Morgan fingerprint density at radius 2 is 2.20 bits per heavy atom. The first-order valence-corrected chi connectivity index (χ1v) is 4.46. The monoisotopic (exact) mass is 245 g/mol. The van der Waals surface area contributed by atoms with E-state index in [4.69, 9.17) is 21.9 Å². The first kappa shape index (κ1) is 12.0. The van der Waals surface area contributed by atoms with Crippen molar-refractivity contribution in [1.82, 2.24) is 10.1 Å². The van der Waals surface area contributed by atoms with Crippen molar-refractivity contribution < 1.29 is 4.52 Å². The van der Waals surface area contributed by atoms with E-state index >= 15 is 0 Å². The van der Waals surface area contributed by atoms with E-state index in [1.54, 1.807) is 12.1 Å². The highest BCUT2D eigenvalue weighted by Gasteiger charge is 2.06. The third kappa shape index (κ3) is 2.68. The highest BCUT2D eigenvalue weighted by atomic mass is 35.5. The second-order valence-corrected chi connectivity index (χ2v) is 3.16. The normalized spacial score (nSPS) is 9.73. The lowest BCUT2D eigenvalue weighted by atomic mass is 10.2. The van der Waals surface area contributed by atoms with Crippen LogP contribution in [0.25, 0.3) is 11.4 Å². The van der Waals surface area contributed by atoms with E-state index in [0.717, 1.165) is 5.56 Å². The van der Waals surface area contributed by atoms with Gasteiger partial charge in [0.1, 0.15) is 0 Å². The van der Waals surface area contributed by atoms with Crippen LogP contribution in [0.1, 0.15) is 5.89 Å². The Kier molecular flexibility index (Phi) is 4.08. The van der Waals surface area contributed by atoms with Crippen LogP contribution in [0.15, 0.2) is 28.8 Å². The molecule has 80 valence electrons. The number of hydrogen-bond donors (Lipinski definition) is 1. The number of rotatable bonds is 2. The molecule has 2 aromatic rings. The minimum absolute atomic E-state index is 0. The molecule has 2 N–H and O–H groups in total. The number of nitrogens with two attached hydrogens (primary N) is 1. The lowest BCUT2D eigenvalue weighted by Crippen LogP contribution is -1.95. The third-order valence-electron chi connectivity index (χ3n) is 1.73. The van der Waals surface area contributed by atoms with Gasteiger partial charge in [-0.15, -0.1) is 12.4 Å². The van der Waals surface area contributed by atoms with E-state index in [1.165, 1.54) is 0 Å². The zero-order valence-corrected chi connectivity index (χ0v) is 9.26. The maximum absolute atomic E-state index is 5.82. The van der Waals surface area contributed by atoms with Crippen molar-refractivity contribution in [2.75, 3.05) is 0 Å². The second kappa shape index (κ2) is 5.11. The van der Waals surface area contributed by atoms with Gasteiger partial charge in [0, 0.05) is 10.6 Å². The summed E-state index contributed by atoms with van der Waals surface area (Å²) < 4.78 is 4.88. The molecule has 6 heteroatoms. The highest BCUT2D eigenvalue weighted by Crippen LogP contribution is 2.19. The standard InChI is InChI=1S/C9H8ClN3O.ClH/c10-7-3-1-2-6(4-7)9-12-8(5-11)14-13-9;/h1-4H,5,11H2;1H. The van der Waals surface area contributed by atoms with E-state index in [0.29, 0.717) is 16.7 Å². The van der Waals surface area contributed by atoms with Crippen LogP contribution in [0.4, 0.5) is 0 Å². The van der Waals surface area contributed by atoms with Gasteiger partial charge >= 0.3 is 0 Å². The van der Waals surface area contributed by atoms with Gasteiger partial charge in [0.05, 0.1) is 6.54 Å². The van der Waals surface area contributed by atoms with Crippen molar-refractivity contribution in [3.63, 3.8) is 0 Å². The van der Waals surface area contributed by atoms with Crippen molar-refractivity contribution in [3.8, 4) is 11.4 Å². The van der Waals surface area contributed by atoms with Gasteiger partial charge in [-0.1, -0.05) is 28.9 Å². The average molecular weight is 246 g/mol. The fourth-order valence-corrected chi connectivity index (χ4v) is 1.27. The van der Waals surface area contributed by atoms with Crippen LogP contribution < -0.4 is 5.73 Å². The van der Waals surface area contributed by atoms with Crippen LogP contribution in [0, 0.1) is 0 Å². The summed E-state index contributed by atoms with van der Waals surface area (Å²) >= 11 is 5.82. The second-order valence-electron chi connectivity index (χ2n) is 2.73. The van der Waals surface area contributed by atoms with Crippen LogP contribution in [0.2, 0.25) is 5.02 Å². The molecule has 0 amide bonds. The molecule has 1 aromatic heterocycles. The Morgan fingerprint density at radius 3 is 2.80 bits per heavy atom. The molecule has 0 atom stereocenters.